The summed E-state index contributed by atoms with van der Waals surface area (Å²) in [6.07, 6.45) is 0.320. The Kier molecular flexibility index (Phi) is 5.95. The van der Waals surface area contributed by atoms with Crippen LogP contribution in [0.5, 0.6) is 5.75 Å². The van der Waals surface area contributed by atoms with E-state index in [0.717, 1.165) is 10.5 Å². The van der Waals surface area contributed by atoms with Gasteiger partial charge < -0.3 is 15.4 Å². The van der Waals surface area contributed by atoms with Crippen molar-refractivity contribution in [2.24, 2.45) is 0 Å². The molecule has 1 heterocycles. The van der Waals surface area contributed by atoms with Crippen molar-refractivity contribution in [3.05, 3.63) is 52.1 Å². The van der Waals surface area contributed by atoms with Gasteiger partial charge in [0.25, 0.3) is 11.6 Å². The van der Waals surface area contributed by atoms with Crippen LogP contribution >= 0.6 is 0 Å². The van der Waals surface area contributed by atoms with Gasteiger partial charge >= 0.3 is 0 Å². The number of ether oxygens (including phenoxy) is 1. The van der Waals surface area contributed by atoms with Gasteiger partial charge in [-0.1, -0.05) is 13.0 Å². The summed E-state index contributed by atoms with van der Waals surface area (Å²) >= 11 is 0. The number of nitrogens with zero attached hydrogens (tertiary/aromatic N) is 2. The van der Waals surface area contributed by atoms with Gasteiger partial charge in [0.15, 0.2) is 6.61 Å². The van der Waals surface area contributed by atoms with Crippen molar-refractivity contribution in [3.63, 3.8) is 0 Å². The summed E-state index contributed by atoms with van der Waals surface area (Å²) in [6.45, 7) is 2.91. The molecule has 3 amide bonds. The summed E-state index contributed by atoms with van der Waals surface area (Å²) in [5, 5.41) is 16.5. The second-order valence-electron chi connectivity index (χ2n) is 6.66. The molecule has 10 nitrogen and oxygen atoms in total. The predicted octanol–water partition coefficient (Wildman–Crippen LogP) is 2.62. The van der Waals surface area contributed by atoms with Crippen molar-refractivity contribution < 1.29 is 24.0 Å². The van der Waals surface area contributed by atoms with E-state index in [1.165, 1.54) is 18.2 Å². The molecule has 0 aromatic heterocycles. The zero-order valence-electron chi connectivity index (χ0n) is 16.4. The summed E-state index contributed by atoms with van der Waals surface area (Å²) in [5.41, 5.74) is 1.73. The zero-order valence-corrected chi connectivity index (χ0v) is 16.4. The van der Waals surface area contributed by atoms with Crippen LogP contribution in [0, 0.1) is 17.0 Å². The van der Waals surface area contributed by atoms with Crippen molar-refractivity contribution in [1.82, 2.24) is 0 Å². The molecule has 0 bridgehead atoms. The summed E-state index contributed by atoms with van der Waals surface area (Å²) in [6, 6.07) is 8.96. The SMILES string of the molecule is CCC(=O)Nc1ccc(C)c(NC(=O)CN2C(=O)COc3ccc([N+](=O)[O-])cc32)c1. The Bertz CT molecular complexity index is 1040. The molecule has 0 aliphatic carbocycles. The van der Waals surface area contributed by atoms with Gasteiger partial charge in [0.1, 0.15) is 12.3 Å². The third-order valence-corrected chi connectivity index (χ3v) is 4.51. The molecule has 2 aromatic carbocycles. The van der Waals surface area contributed by atoms with E-state index in [1.54, 1.807) is 32.0 Å². The van der Waals surface area contributed by atoms with Gasteiger partial charge in [0, 0.05) is 29.9 Å². The molecule has 156 valence electrons. The van der Waals surface area contributed by atoms with E-state index in [0.29, 0.717) is 17.8 Å². The fourth-order valence-electron chi connectivity index (χ4n) is 2.89. The lowest BCUT2D eigenvalue weighted by Crippen LogP contribution is -2.43. The summed E-state index contributed by atoms with van der Waals surface area (Å²) in [7, 11) is 0. The fourth-order valence-corrected chi connectivity index (χ4v) is 2.89. The zero-order chi connectivity index (χ0) is 21.8. The van der Waals surface area contributed by atoms with Crippen LogP contribution in [0.3, 0.4) is 0 Å². The molecule has 0 atom stereocenters. The number of nitro benzene ring substituents is 1. The van der Waals surface area contributed by atoms with E-state index in [4.69, 9.17) is 4.74 Å². The third kappa shape index (κ3) is 4.54. The number of benzene rings is 2. The number of hydrogen-bond donors (Lipinski definition) is 2. The highest BCUT2D eigenvalue weighted by Crippen LogP contribution is 2.35. The van der Waals surface area contributed by atoms with Gasteiger partial charge in [0.05, 0.1) is 10.6 Å². The van der Waals surface area contributed by atoms with E-state index in [9.17, 15) is 24.5 Å². The van der Waals surface area contributed by atoms with Crippen LogP contribution < -0.4 is 20.3 Å². The van der Waals surface area contributed by atoms with E-state index < -0.39 is 16.7 Å². The Labute approximate surface area is 172 Å². The molecule has 2 aromatic rings. The number of nitrogens with one attached hydrogen (secondary N) is 2. The number of non-ortho nitro benzene ring substituents is 1. The molecule has 2 N–H and O–H groups in total. The first-order chi connectivity index (χ1) is 14.3. The van der Waals surface area contributed by atoms with Gasteiger partial charge in [0.2, 0.25) is 11.8 Å². The van der Waals surface area contributed by atoms with Gasteiger partial charge in [-0.05, 0) is 30.7 Å². The van der Waals surface area contributed by atoms with Crippen LogP contribution in [0.25, 0.3) is 0 Å². The summed E-state index contributed by atoms with van der Waals surface area (Å²) in [4.78, 5) is 48.1. The van der Waals surface area contributed by atoms with Gasteiger partial charge in [-0.25, -0.2) is 0 Å². The molecule has 0 fully saturated rings. The average Bonchev–Trinajstić information content (AvgIpc) is 2.72. The molecule has 0 saturated heterocycles. The molecule has 1 aliphatic rings. The first kappa shape index (κ1) is 20.8. The minimum absolute atomic E-state index is 0.159. The van der Waals surface area contributed by atoms with Gasteiger partial charge in [-0.15, -0.1) is 0 Å². The first-order valence-corrected chi connectivity index (χ1v) is 9.20. The molecule has 3 rings (SSSR count). The number of carbonyl (C=O) groups is 3. The number of rotatable bonds is 6. The average molecular weight is 412 g/mol. The molecule has 0 radical (unpaired) electrons. The Morgan fingerprint density at radius 1 is 1.17 bits per heavy atom. The fraction of sp³-hybridized carbons (Fsp3) is 0.250. The summed E-state index contributed by atoms with van der Waals surface area (Å²) < 4.78 is 5.30. The van der Waals surface area contributed by atoms with Gasteiger partial charge in [-0.2, -0.15) is 0 Å². The molecule has 30 heavy (non-hydrogen) atoms. The second-order valence-corrected chi connectivity index (χ2v) is 6.66. The number of anilines is 3. The van der Waals surface area contributed by atoms with Gasteiger partial charge in [-0.3, -0.25) is 29.4 Å². The standard InChI is InChI=1S/C20H20N4O6/c1-3-18(25)21-13-5-4-12(2)15(8-13)22-19(26)10-23-16-9-14(24(28)29)6-7-17(16)30-11-20(23)27/h4-9H,3,10-11H2,1-2H3,(H,21,25)(H,22,26). The number of amides is 3. The molecular formula is C20H20N4O6. The predicted molar refractivity (Wildman–Crippen MR) is 110 cm³/mol. The Hall–Kier alpha value is -3.95. The van der Waals surface area contributed by atoms with Crippen molar-refractivity contribution in [2.75, 3.05) is 28.7 Å². The van der Waals surface area contributed by atoms with Crippen LogP contribution in [0.2, 0.25) is 0 Å². The largest absolute Gasteiger partial charge is 0.482 e. The second kappa shape index (κ2) is 8.60. The number of hydrogen-bond acceptors (Lipinski definition) is 6. The maximum absolute atomic E-state index is 12.6. The summed E-state index contributed by atoms with van der Waals surface area (Å²) in [5.74, 6) is -0.856. The van der Waals surface area contributed by atoms with E-state index in [2.05, 4.69) is 10.6 Å². The number of carbonyl (C=O) groups excluding carboxylic acids is 3. The quantitative estimate of drug-likeness (QED) is 0.554. The number of nitro groups is 1. The minimum Gasteiger partial charge on any atom is -0.482 e. The highest BCUT2D eigenvalue weighted by Gasteiger charge is 2.29. The Balaban J connectivity index is 1.79. The van der Waals surface area contributed by atoms with Crippen molar-refractivity contribution >= 4 is 40.5 Å². The minimum atomic E-state index is -0.586. The lowest BCUT2D eigenvalue weighted by atomic mass is 10.1. The molecular weight excluding hydrogens is 392 g/mol. The van der Waals surface area contributed by atoms with E-state index in [-0.39, 0.29) is 36.2 Å². The molecule has 0 unspecified atom stereocenters. The molecule has 0 spiro atoms. The topological polar surface area (TPSA) is 131 Å². The maximum atomic E-state index is 12.6. The van der Waals surface area contributed by atoms with Crippen LogP contribution in [0.1, 0.15) is 18.9 Å². The van der Waals surface area contributed by atoms with Crippen molar-refractivity contribution in [3.8, 4) is 5.75 Å². The third-order valence-electron chi connectivity index (χ3n) is 4.51. The molecule has 1 aliphatic heterocycles. The van der Waals surface area contributed by atoms with Crippen molar-refractivity contribution in [1.29, 1.82) is 0 Å². The Morgan fingerprint density at radius 2 is 1.93 bits per heavy atom. The highest BCUT2D eigenvalue weighted by molar-refractivity contribution is 6.05. The lowest BCUT2D eigenvalue weighted by molar-refractivity contribution is -0.384. The van der Waals surface area contributed by atoms with Crippen LogP contribution in [-0.4, -0.2) is 35.8 Å². The molecule has 0 saturated carbocycles. The van der Waals surface area contributed by atoms with Crippen LogP contribution in [0.15, 0.2) is 36.4 Å². The monoisotopic (exact) mass is 412 g/mol. The van der Waals surface area contributed by atoms with Crippen LogP contribution in [-0.2, 0) is 14.4 Å². The van der Waals surface area contributed by atoms with E-state index >= 15 is 0 Å². The highest BCUT2D eigenvalue weighted by atomic mass is 16.6. The van der Waals surface area contributed by atoms with Crippen LogP contribution in [0.4, 0.5) is 22.7 Å². The van der Waals surface area contributed by atoms with E-state index in [1.807, 2.05) is 0 Å². The maximum Gasteiger partial charge on any atom is 0.271 e. The Morgan fingerprint density at radius 3 is 2.63 bits per heavy atom. The first-order valence-electron chi connectivity index (χ1n) is 9.20. The normalized spacial score (nSPS) is 12.6. The smallest absolute Gasteiger partial charge is 0.271 e. The lowest BCUT2D eigenvalue weighted by Gasteiger charge is -2.28. The number of aryl methyl sites for hydroxylation is 1. The molecule has 10 heteroatoms. The van der Waals surface area contributed by atoms with Crippen molar-refractivity contribution in [2.45, 2.75) is 20.3 Å². The number of fused-ring (bicyclic) bond motifs is 1.